The Morgan fingerprint density at radius 3 is 1.16 bits per heavy atom. The Labute approximate surface area is 316 Å². The van der Waals surface area contributed by atoms with Gasteiger partial charge in [-0.15, -0.1) is 55.9 Å². The molecule has 49 heavy (non-hydrogen) atoms. The minimum atomic E-state index is -0.826. The van der Waals surface area contributed by atoms with Crippen molar-refractivity contribution in [1.82, 2.24) is 0 Å². The summed E-state index contributed by atoms with van der Waals surface area (Å²) < 4.78 is 0. The van der Waals surface area contributed by atoms with Gasteiger partial charge < -0.3 is 6.92 Å². The van der Waals surface area contributed by atoms with Crippen LogP contribution in [0.5, 0.6) is 0 Å². The maximum absolute atomic E-state index is 4.93. The molecule has 6 aromatic rings. The van der Waals surface area contributed by atoms with Crippen LogP contribution in [0.3, 0.4) is 0 Å². The molecule has 6 rings (SSSR count). The molecule has 0 aliphatic heterocycles. The first-order valence-corrected chi connectivity index (χ1v) is 24.1. The molecule has 0 unspecified atom stereocenters. The molecule has 0 aromatic heterocycles. The van der Waals surface area contributed by atoms with Crippen LogP contribution in [0.25, 0.3) is 43.8 Å². The van der Waals surface area contributed by atoms with E-state index in [1.165, 1.54) is 127 Å². The average molecular weight is 770 g/mol. The molecule has 6 aromatic carbocycles. The van der Waals surface area contributed by atoms with Crippen molar-refractivity contribution >= 4 is 38.6 Å². The fourth-order valence-corrected chi connectivity index (χ4v) is 6.83. The zero-order valence-electron chi connectivity index (χ0n) is 31.3. The molecule has 0 saturated heterocycles. The first-order valence-electron chi connectivity index (χ1n) is 17.8. The number of rotatable bonds is 8. The van der Waals surface area contributed by atoms with Crippen LogP contribution in [-0.4, -0.2) is 0 Å². The molecule has 260 valence electrons. The van der Waals surface area contributed by atoms with Gasteiger partial charge in [-0.25, -0.2) is 0 Å². The molecule has 0 amide bonds. The molecule has 0 aliphatic carbocycles. The molecular formula is C46H55Cl2Zr-3. The van der Waals surface area contributed by atoms with Crippen LogP contribution in [-0.2, 0) is 33.7 Å². The number of unbranched alkanes of at least 4 members (excludes halogenated alkanes) is 2. The maximum atomic E-state index is 4.93. The van der Waals surface area contributed by atoms with E-state index < -0.39 is 20.8 Å². The van der Waals surface area contributed by atoms with E-state index in [2.05, 4.69) is 147 Å². The molecule has 0 nitrogen and oxygen atoms in total. The standard InChI is InChI=1S/2C22H25.C2H5.2ClH.Zr/c2*1-5-6-7-18-13-20-16(3)12-17(4)22(21(20)14-18)19-10-8-15(2)9-11-19;1-2;;;/h2*8-14H,5-7H2,1-4H3;1H2,2H3;2*1H;/q3*-1;;;+2/p-2. The molecule has 0 aliphatic rings. The Balaban J connectivity index is 0.000000235. The van der Waals surface area contributed by atoms with Crippen LogP contribution >= 0.6 is 17.0 Å². The van der Waals surface area contributed by atoms with Crippen molar-refractivity contribution in [3.05, 3.63) is 136 Å². The van der Waals surface area contributed by atoms with Gasteiger partial charge in [0.05, 0.1) is 0 Å². The third kappa shape index (κ3) is 10.8. The van der Waals surface area contributed by atoms with E-state index >= 15 is 0 Å². The van der Waals surface area contributed by atoms with Crippen LogP contribution in [0.15, 0.2) is 84.9 Å². The molecule has 0 heterocycles. The normalized spacial score (nSPS) is 10.5. The quantitative estimate of drug-likeness (QED) is 0.135. The van der Waals surface area contributed by atoms with Gasteiger partial charge in [0, 0.05) is 0 Å². The summed E-state index contributed by atoms with van der Waals surface area (Å²) in [6.07, 6.45) is 7.44. The van der Waals surface area contributed by atoms with E-state index in [-0.39, 0.29) is 0 Å². The van der Waals surface area contributed by atoms with Gasteiger partial charge >= 0.3 is 37.9 Å². The number of benzene rings is 4. The number of hydrogen-bond donors (Lipinski definition) is 0. The Bertz CT molecular complexity index is 1750. The van der Waals surface area contributed by atoms with E-state index in [4.69, 9.17) is 17.0 Å². The van der Waals surface area contributed by atoms with Gasteiger partial charge in [-0.1, -0.05) is 147 Å². The molecule has 0 radical (unpaired) electrons. The van der Waals surface area contributed by atoms with Gasteiger partial charge in [0.25, 0.3) is 0 Å². The molecule has 0 saturated carbocycles. The van der Waals surface area contributed by atoms with Crippen LogP contribution in [0.2, 0.25) is 0 Å². The fourth-order valence-electron chi connectivity index (χ4n) is 6.83. The zero-order valence-corrected chi connectivity index (χ0v) is 35.3. The Hall–Kier alpha value is -2.44. The Morgan fingerprint density at radius 1 is 0.531 bits per heavy atom. The first kappa shape index (κ1) is 41.0. The van der Waals surface area contributed by atoms with Crippen molar-refractivity contribution in [2.75, 3.05) is 0 Å². The Kier molecular flexibility index (Phi) is 17.1. The number of hydrogen-bond acceptors (Lipinski definition) is 0. The predicted octanol–water partition coefficient (Wildman–Crippen LogP) is 15.2. The van der Waals surface area contributed by atoms with E-state index in [1.54, 1.807) is 6.92 Å². The van der Waals surface area contributed by atoms with E-state index in [0.717, 1.165) is 0 Å². The monoisotopic (exact) mass is 767 g/mol. The Morgan fingerprint density at radius 2 is 0.857 bits per heavy atom. The van der Waals surface area contributed by atoms with Crippen molar-refractivity contribution in [2.45, 2.75) is 101 Å². The van der Waals surface area contributed by atoms with Gasteiger partial charge in [0.2, 0.25) is 0 Å². The molecule has 0 bridgehead atoms. The number of halogens is 2. The summed E-state index contributed by atoms with van der Waals surface area (Å²) in [6.45, 7) is 22.8. The molecule has 0 fully saturated rings. The van der Waals surface area contributed by atoms with Gasteiger partial charge in [-0.05, 0) is 51.7 Å². The van der Waals surface area contributed by atoms with Crippen molar-refractivity contribution in [2.24, 2.45) is 0 Å². The zero-order chi connectivity index (χ0) is 36.1. The summed E-state index contributed by atoms with van der Waals surface area (Å²) >= 11 is -0.826. The number of aryl methyl sites for hydroxylation is 8. The summed E-state index contributed by atoms with van der Waals surface area (Å²) in [7, 11) is 9.87. The van der Waals surface area contributed by atoms with E-state index in [0.29, 0.717) is 0 Å². The summed E-state index contributed by atoms with van der Waals surface area (Å²) in [4.78, 5) is 0. The second-order valence-corrected chi connectivity index (χ2v) is 16.9. The van der Waals surface area contributed by atoms with Crippen molar-refractivity contribution in [1.29, 1.82) is 0 Å². The molecular weight excluding hydrogens is 715 g/mol. The van der Waals surface area contributed by atoms with Crippen molar-refractivity contribution in [3.63, 3.8) is 0 Å². The second kappa shape index (κ2) is 20.4. The van der Waals surface area contributed by atoms with Crippen molar-refractivity contribution in [3.8, 4) is 22.3 Å². The minimum absolute atomic E-state index is 0.826. The van der Waals surface area contributed by atoms with Gasteiger partial charge in [-0.2, -0.15) is 19.1 Å². The summed E-state index contributed by atoms with van der Waals surface area (Å²) in [5.41, 5.74) is 16.6. The third-order valence-electron chi connectivity index (χ3n) is 9.26. The topological polar surface area (TPSA) is 0 Å². The summed E-state index contributed by atoms with van der Waals surface area (Å²) in [6, 6.07) is 32.2. The van der Waals surface area contributed by atoms with Gasteiger partial charge in [0.1, 0.15) is 0 Å². The SMILES string of the molecule is CCCCc1cc2c(-c3ccc(C)cc3)c(C)cc(C)c2[cH-]1.CCCCc1cc2c(-c3ccc(C)cc3)c(C)cc(C)c2[cH-]1.[CH2-]C.[Cl][Zr][Cl]. The van der Waals surface area contributed by atoms with E-state index in [1.807, 2.05) is 0 Å². The first-order chi connectivity index (χ1) is 23.6. The summed E-state index contributed by atoms with van der Waals surface area (Å²) in [5, 5.41) is 5.69. The molecule has 3 heteroatoms. The second-order valence-electron chi connectivity index (χ2n) is 13.2. The van der Waals surface area contributed by atoms with Crippen LogP contribution in [0.1, 0.15) is 91.0 Å². The summed E-state index contributed by atoms with van der Waals surface area (Å²) in [5.74, 6) is 0. The third-order valence-corrected chi connectivity index (χ3v) is 9.26. The van der Waals surface area contributed by atoms with E-state index in [9.17, 15) is 0 Å². The van der Waals surface area contributed by atoms with Crippen LogP contribution in [0.4, 0.5) is 0 Å². The average Bonchev–Trinajstić information content (AvgIpc) is 3.71. The van der Waals surface area contributed by atoms with Gasteiger partial charge in [-0.3, -0.25) is 0 Å². The molecule has 0 N–H and O–H groups in total. The van der Waals surface area contributed by atoms with Crippen LogP contribution < -0.4 is 0 Å². The van der Waals surface area contributed by atoms with Gasteiger partial charge in [0.15, 0.2) is 0 Å². The molecule has 0 spiro atoms. The number of fused-ring (bicyclic) bond motifs is 2. The predicted molar refractivity (Wildman–Crippen MR) is 218 cm³/mol. The van der Waals surface area contributed by atoms with Crippen LogP contribution in [0, 0.1) is 48.5 Å². The van der Waals surface area contributed by atoms with Crippen molar-refractivity contribution < 1.29 is 20.8 Å². The molecule has 0 atom stereocenters. The fraction of sp³-hybridized carbons (Fsp3) is 0.326.